The highest BCUT2D eigenvalue weighted by Crippen LogP contribution is 2.24. The summed E-state index contributed by atoms with van der Waals surface area (Å²) in [4.78, 5) is 14.9. The van der Waals surface area contributed by atoms with Crippen molar-refractivity contribution in [1.82, 2.24) is 4.90 Å². The quantitative estimate of drug-likeness (QED) is 0.481. The molecule has 1 atom stereocenters. The van der Waals surface area contributed by atoms with Crippen LogP contribution in [0.5, 0.6) is 0 Å². The number of nitrogens with zero attached hydrogens (tertiary/aromatic N) is 1. The molecule has 0 spiro atoms. The van der Waals surface area contributed by atoms with Crippen LogP contribution in [0.4, 0.5) is 0 Å². The largest absolute Gasteiger partial charge is 0.461 e. The van der Waals surface area contributed by atoms with Crippen molar-refractivity contribution < 1.29 is 9.53 Å². The third-order valence-electron chi connectivity index (χ3n) is 5.22. The summed E-state index contributed by atoms with van der Waals surface area (Å²) < 4.78 is 5.51. The van der Waals surface area contributed by atoms with Gasteiger partial charge in [-0.25, -0.2) is 0 Å². The molecule has 2 rings (SSSR count). The molecule has 0 aromatic heterocycles. The fourth-order valence-electron chi connectivity index (χ4n) is 3.62. The number of hydrogen-bond acceptors (Lipinski definition) is 3. The number of piperidine rings is 1. The monoisotopic (exact) mass is 331 g/mol. The van der Waals surface area contributed by atoms with Crippen molar-refractivity contribution >= 4 is 5.97 Å². The summed E-state index contributed by atoms with van der Waals surface area (Å²) in [5.74, 6) is 0.0654. The van der Waals surface area contributed by atoms with Gasteiger partial charge in [0.2, 0.25) is 0 Å². The second-order valence-electron chi connectivity index (χ2n) is 6.96. The Morgan fingerprint density at radius 1 is 1.17 bits per heavy atom. The van der Waals surface area contributed by atoms with E-state index in [0.29, 0.717) is 12.6 Å². The zero-order valence-corrected chi connectivity index (χ0v) is 15.4. The summed E-state index contributed by atoms with van der Waals surface area (Å²) in [6.07, 6.45) is 8.34. The predicted octanol–water partition coefficient (Wildman–Crippen LogP) is 4.80. The standard InChI is InChI=1S/C21H33NO2/c1-3-5-7-12-20(4-2)22-15-13-19(14-16-22)21(23)24-17-18-10-8-6-9-11-18/h6,8-11,19-20H,3-5,7,12-17H2,1-2H3. The van der Waals surface area contributed by atoms with Gasteiger partial charge >= 0.3 is 5.97 Å². The number of hydrogen-bond donors (Lipinski definition) is 0. The number of likely N-dealkylation sites (tertiary alicyclic amines) is 1. The predicted molar refractivity (Wildman–Crippen MR) is 98.8 cm³/mol. The Kier molecular flexibility index (Phi) is 8.31. The number of carbonyl (C=O) groups excluding carboxylic acids is 1. The molecular weight excluding hydrogens is 298 g/mol. The molecular formula is C21H33NO2. The second kappa shape index (κ2) is 10.5. The Morgan fingerprint density at radius 2 is 1.88 bits per heavy atom. The van der Waals surface area contributed by atoms with E-state index in [2.05, 4.69) is 18.7 Å². The molecule has 1 fully saturated rings. The molecule has 1 heterocycles. The van der Waals surface area contributed by atoms with Crippen molar-refractivity contribution in [1.29, 1.82) is 0 Å². The summed E-state index contributed by atoms with van der Waals surface area (Å²) >= 11 is 0. The van der Waals surface area contributed by atoms with Crippen molar-refractivity contribution in [2.24, 2.45) is 5.92 Å². The fraction of sp³-hybridized carbons (Fsp3) is 0.667. The van der Waals surface area contributed by atoms with Gasteiger partial charge in [-0.15, -0.1) is 0 Å². The average Bonchev–Trinajstić information content (AvgIpc) is 2.64. The maximum atomic E-state index is 12.3. The second-order valence-corrected chi connectivity index (χ2v) is 6.96. The van der Waals surface area contributed by atoms with Crippen LogP contribution in [0.25, 0.3) is 0 Å². The lowest BCUT2D eigenvalue weighted by molar-refractivity contribution is -0.151. The minimum atomic E-state index is -0.0162. The Balaban J connectivity index is 1.72. The zero-order valence-electron chi connectivity index (χ0n) is 15.4. The summed E-state index contributed by atoms with van der Waals surface area (Å²) in [5, 5.41) is 0. The Morgan fingerprint density at radius 3 is 2.50 bits per heavy atom. The number of carbonyl (C=O) groups is 1. The van der Waals surface area contributed by atoms with Gasteiger partial charge in [-0.1, -0.05) is 63.4 Å². The third-order valence-corrected chi connectivity index (χ3v) is 5.22. The topological polar surface area (TPSA) is 29.5 Å². The molecule has 1 aromatic carbocycles. The van der Waals surface area contributed by atoms with E-state index < -0.39 is 0 Å². The first-order valence-corrected chi connectivity index (χ1v) is 9.69. The Hall–Kier alpha value is -1.35. The van der Waals surface area contributed by atoms with Crippen molar-refractivity contribution in [2.45, 2.75) is 71.4 Å². The Labute approximate surface area is 147 Å². The number of ether oxygens (including phenoxy) is 1. The average molecular weight is 332 g/mol. The van der Waals surface area contributed by atoms with E-state index >= 15 is 0 Å². The van der Waals surface area contributed by atoms with E-state index in [1.165, 1.54) is 32.1 Å². The van der Waals surface area contributed by atoms with Gasteiger partial charge in [0.25, 0.3) is 0 Å². The van der Waals surface area contributed by atoms with Crippen LogP contribution in [0.3, 0.4) is 0 Å². The van der Waals surface area contributed by atoms with E-state index in [1.807, 2.05) is 30.3 Å². The molecule has 1 aliphatic rings. The number of unbranched alkanes of at least 4 members (excludes halogenated alkanes) is 2. The number of benzene rings is 1. The van der Waals surface area contributed by atoms with E-state index in [9.17, 15) is 4.79 Å². The van der Waals surface area contributed by atoms with Gasteiger partial charge in [-0.05, 0) is 44.3 Å². The molecule has 1 unspecified atom stereocenters. The summed E-state index contributed by atoms with van der Waals surface area (Å²) in [7, 11) is 0. The highest BCUT2D eigenvalue weighted by atomic mass is 16.5. The molecule has 3 nitrogen and oxygen atoms in total. The van der Waals surface area contributed by atoms with E-state index in [1.54, 1.807) is 0 Å². The molecule has 3 heteroatoms. The summed E-state index contributed by atoms with van der Waals surface area (Å²) in [6, 6.07) is 10.6. The highest BCUT2D eigenvalue weighted by molar-refractivity contribution is 5.72. The van der Waals surface area contributed by atoms with Crippen LogP contribution in [0, 0.1) is 5.92 Å². The van der Waals surface area contributed by atoms with Crippen molar-refractivity contribution in [3.63, 3.8) is 0 Å². The van der Waals surface area contributed by atoms with Gasteiger partial charge in [-0.2, -0.15) is 0 Å². The lowest BCUT2D eigenvalue weighted by atomic mass is 9.94. The molecule has 1 saturated heterocycles. The van der Waals surface area contributed by atoms with E-state index in [0.717, 1.165) is 31.5 Å². The lowest BCUT2D eigenvalue weighted by Gasteiger charge is -2.36. The third kappa shape index (κ3) is 5.94. The Bertz CT molecular complexity index is 466. The fourth-order valence-corrected chi connectivity index (χ4v) is 3.62. The highest BCUT2D eigenvalue weighted by Gasteiger charge is 2.28. The molecule has 134 valence electrons. The van der Waals surface area contributed by atoms with Gasteiger partial charge < -0.3 is 9.64 Å². The molecule has 24 heavy (non-hydrogen) atoms. The van der Waals surface area contributed by atoms with Gasteiger partial charge in [0.05, 0.1) is 5.92 Å². The minimum Gasteiger partial charge on any atom is -0.461 e. The van der Waals surface area contributed by atoms with Crippen LogP contribution >= 0.6 is 0 Å². The molecule has 1 aromatic rings. The van der Waals surface area contributed by atoms with Crippen molar-refractivity contribution in [3.05, 3.63) is 35.9 Å². The summed E-state index contributed by atoms with van der Waals surface area (Å²) in [6.45, 7) is 7.02. The SMILES string of the molecule is CCCCCC(CC)N1CCC(C(=O)OCc2ccccc2)CC1. The molecule has 0 saturated carbocycles. The maximum Gasteiger partial charge on any atom is 0.309 e. The first kappa shape index (κ1) is 19.0. The molecule has 0 aliphatic carbocycles. The van der Waals surface area contributed by atoms with Gasteiger partial charge in [-0.3, -0.25) is 4.79 Å². The minimum absolute atomic E-state index is 0.0162. The molecule has 1 aliphatic heterocycles. The van der Waals surface area contributed by atoms with Crippen LogP contribution in [0.1, 0.15) is 64.4 Å². The van der Waals surface area contributed by atoms with Crippen LogP contribution in [0.15, 0.2) is 30.3 Å². The van der Waals surface area contributed by atoms with Crippen LogP contribution < -0.4 is 0 Å². The number of esters is 1. The normalized spacial score (nSPS) is 17.6. The van der Waals surface area contributed by atoms with Crippen LogP contribution in [0.2, 0.25) is 0 Å². The van der Waals surface area contributed by atoms with Crippen LogP contribution in [-0.4, -0.2) is 30.0 Å². The van der Waals surface area contributed by atoms with E-state index in [4.69, 9.17) is 4.74 Å². The molecule has 0 bridgehead atoms. The van der Waals surface area contributed by atoms with Crippen LogP contribution in [-0.2, 0) is 16.1 Å². The van der Waals surface area contributed by atoms with Crippen molar-refractivity contribution in [3.8, 4) is 0 Å². The van der Waals surface area contributed by atoms with Gasteiger partial charge in [0.1, 0.15) is 6.61 Å². The van der Waals surface area contributed by atoms with Gasteiger partial charge in [0.15, 0.2) is 0 Å². The van der Waals surface area contributed by atoms with Crippen molar-refractivity contribution in [2.75, 3.05) is 13.1 Å². The molecule has 0 radical (unpaired) electrons. The van der Waals surface area contributed by atoms with E-state index in [-0.39, 0.29) is 11.9 Å². The molecule has 0 amide bonds. The van der Waals surface area contributed by atoms with Gasteiger partial charge in [0, 0.05) is 6.04 Å². The summed E-state index contributed by atoms with van der Waals surface area (Å²) in [5.41, 5.74) is 1.06. The maximum absolute atomic E-state index is 12.3. The molecule has 0 N–H and O–H groups in total. The first-order chi connectivity index (χ1) is 11.7. The zero-order chi connectivity index (χ0) is 17.2. The first-order valence-electron chi connectivity index (χ1n) is 9.69. The smallest absolute Gasteiger partial charge is 0.309 e. The lowest BCUT2D eigenvalue weighted by Crippen LogP contribution is -2.42. The number of rotatable bonds is 9.